The summed E-state index contributed by atoms with van der Waals surface area (Å²) < 4.78 is 6.08. The van der Waals surface area contributed by atoms with Crippen LogP contribution in [0.3, 0.4) is 0 Å². The molecule has 5 N–H and O–H groups in total. The van der Waals surface area contributed by atoms with E-state index in [4.69, 9.17) is 10.5 Å². The quantitative estimate of drug-likeness (QED) is 0.289. The monoisotopic (exact) mass is 490 g/mol. The molecular weight excluding hydrogens is 452 g/mol. The molecule has 0 aliphatic heterocycles. The summed E-state index contributed by atoms with van der Waals surface area (Å²) in [6, 6.07) is 21.6. The van der Waals surface area contributed by atoms with Crippen molar-refractivity contribution in [1.29, 1.82) is 0 Å². The minimum Gasteiger partial charge on any atom is -0.478 e. The van der Waals surface area contributed by atoms with Crippen molar-refractivity contribution in [1.82, 2.24) is 5.32 Å². The van der Waals surface area contributed by atoms with Gasteiger partial charge in [0.1, 0.15) is 0 Å². The highest BCUT2D eigenvalue weighted by atomic mass is 16.5. The van der Waals surface area contributed by atoms with Crippen molar-refractivity contribution < 1.29 is 19.7 Å². The first kappa shape index (κ1) is 27.6. The van der Waals surface area contributed by atoms with E-state index >= 15 is 0 Å². The van der Waals surface area contributed by atoms with Gasteiger partial charge in [-0.15, -0.1) is 0 Å². The standard InChI is InChI=1S/C30H38N2O4/c1-20-26(29(34)35)14-15-27(24-8-6-5-7-9-24)28(20)21(2)36-19-25(33)18-32-30(3,4)16-22-10-12-23(17-31)13-11-22/h5-15,21,25,32-33H,16-19,31H2,1-4H3,(H,34,35)/t21?,25-/m1/s1. The van der Waals surface area contributed by atoms with E-state index < -0.39 is 18.2 Å². The lowest BCUT2D eigenvalue weighted by Gasteiger charge is -2.29. The normalized spacial score (nSPS) is 13.4. The summed E-state index contributed by atoms with van der Waals surface area (Å²) in [6.07, 6.45) is -0.304. The molecule has 1 unspecified atom stereocenters. The molecule has 0 heterocycles. The molecule has 0 radical (unpaired) electrons. The first-order chi connectivity index (χ1) is 17.1. The van der Waals surface area contributed by atoms with E-state index in [1.165, 1.54) is 5.56 Å². The van der Waals surface area contributed by atoms with Gasteiger partial charge >= 0.3 is 5.97 Å². The van der Waals surface area contributed by atoms with Gasteiger partial charge in [-0.05, 0) is 73.6 Å². The van der Waals surface area contributed by atoms with Crippen molar-refractivity contribution in [2.75, 3.05) is 13.2 Å². The average molecular weight is 491 g/mol. The second-order valence-corrected chi connectivity index (χ2v) is 9.96. The van der Waals surface area contributed by atoms with E-state index in [9.17, 15) is 15.0 Å². The highest BCUT2D eigenvalue weighted by Crippen LogP contribution is 2.34. The molecule has 192 valence electrons. The molecule has 6 nitrogen and oxygen atoms in total. The molecule has 3 rings (SSSR count). The van der Waals surface area contributed by atoms with Gasteiger partial charge in [-0.25, -0.2) is 4.79 Å². The van der Waals surface area contributed by atoms with Crippen molar-refractivity contribution in [3.8, 4) is 11.1 Å². The second kappa shape index (κ2) is 12.3. The highest BCUT2D eigenvalue weighted by molar-refractivity contribution is 5.91. The summed E-state index contributed by atoms with van der Waals surface area (Å²) >= 11 is 0. The summed E-state index contributed by atoms with van der Waals surface area (Å²) in [6.45, 7) is 8.95. The Bertz CT molecular complexity index is 1140. The van der Waals surface area contributed by atoms with E-state index in [0.717, 1.165) is 28.7 Å². The summed E-state index contributed by atoms with van der Waals surface area (Å²) in [5.74, 6) is -0.968. The first-order valence-electron chi connectivity index (χ1n) is 12.4. The minimum atomic E-state index is -0.968. The van der Waals surface area contributed by atoms with Crippen molar-refractivity contribution in [3.05, 3.63) is 94.5 Å². The maximum Gasteiger partial charge on any atom is 0.335 e. The van der Waals surface area contributed by atoms with Crippen LogP contribution < -0.4 is 11.1 Å². The predicted molar refractivity (Wildman–Crippen MR) is 144 cm³/mol. The van der Waals surface area contributed by atoms with Gasteiger partial charge in [-0.1, -0.05) is 60.7 Å². The Labute approximate surface area is 214 Å². The molecule has 6 heteroatoms. The molecule has 2 atom stereocenters. The van der Waals surface area contributed by atoms with Crippen LogP contribution in [0.2, 0.25) is 0 Å². The maximum absolute atomic E-state index is 11.8. The minimum absolute atomic E-state index is 0.125. The lowest BCUT2D eigenvalue weighted by atomic mass is 9.90. The van der Waals surface area contributed by atoms with Crippen LogP contribution >= 0.6 is 0 Å². The molecule has 0 spiro atoms. The molecule has 0 fully saturated rings. The van der Waals surface area contributed by atoms with Crippen molar-refractivity contribution in [3.63, 3.8) is 0 Å². The van der Waals surface area contributed by atoms with E-state index in [1.807, 2.05) is 62.4 Å². The van der Waals surface area contributed by atoms with Crippen molar-refractivity contribution >= 4 is 5.97 Å². The summed E-state index contributed by atoms with van der Waals surface area (Å²) in [5, 5.41) is 23.7. The molecule has 3 aromatic rings. The van der Waals surface area contributed by atoms with Crippen molar-refractivity contribution in [2.24, 2.45) is 5.73 Å². The molecule has 36 heavy (non-hydrogen) atoms. The van der Waals surface area contributed by atoms with Gasteiger partial charge in [0.05, 0.1) is 24.4 Å². The van der Waals surface area contributed by atoms with Crippen molar-refractivity contribution in [2.45, 2.75) is 58.4 Å². The molecule has 0 aliphatic carbocycles. The van der Waals surface area contributed by atoms with Crippen LogP contribution in [-0.4, -0.2) is 41.0 Å². The Hall–Kier alpha value is -3.03. The zero-order valence-corrected chi connectivity index (χ0v) is 21.6. The van der Waals surface area contributed by atoms with Crippen LogP contribution in [0, 0.1) is 6.92 Å². The van der Waals surface area contributed by atoms with E-state index in [1.54, 1.807) is 6.07 Å². The number of nitrogens with two attached hydrogens (primary N) is 1. The smallest absolute Gasteiger partial charge is 0.335 e. The van der Waals surface area contributed by atoms with Crippen LogP contribution in [0.15, 0.2) is 66.7 Å². The van der Waals surface area contributed by atoms with Gasteiger partial charge in [-0.3, -0.25) is 0 Å². The van der Waals surface area contributed by atoms with Gasteiger partial charge < -0.3 is 26.0 Å². The third-order valence-corrected chi connectivity index (χ3v) is 6.50. The van der Waals surface area contributed by atoms with E-state index in [0.29, 0.717) is 18.7 Å². The van der Waals surface area contributed by atoms with Crippen LogP contribution in [0.5, 0.6) is 0 Å². The number of aliphatic hydroxyl groups excluding tert-OH is 1. The first-order valence-corrected chi connectivity index (χ1v) is 12.4. The molecular formula is C30H38N2O4. The molecule has 0 saturated heterocycles. The summed E-state index contributed by atoms with van der Waals surface area (Å²) in [4.78, 5) is 11.8. The summed E-state index contributed by atoms with van der Waals surface area (Å²) in [7, 11) is 0. The second-order valence-electron chi connectivity index (χ2n) is 9.96. The van der Waals surface area contributed by atoms with Crippen LogP contribution in [-0.2, 0) is 17.7 Å². The number of carboxylic acids is 1. The summed E-state index contributed by atoms with van der Waals surface area (Å²) in [5.41, 5.74) is 11.4. The van der Waals surface area contributed by atoms with E-state index in [2.05, 4.69) is 31.3 Å². The predicted octanol–water partition coefficient (Wildman–Crippen LogP) is 4.87. The third-order valence-electron chi connectivity index (χ3n) is 6.50. The number of aliphatic hydroxyl groups is 1. The fourth-order valence-corrected chi connectivity index (χ4v) is 4.51. The Morgan fingerprint density at radius 2 is 1.67 bits per heavy atom. The lowest BCUT2D eigenvalue weighted by molar-refractivity contribution is -0.00422. The number of aromatic carboxylic acids is 1. The Morgan fingerprint density at radius 3 is 2.28 bits per heavy atom. The number of hydrogen-bond donors (Lipinski definition) is 4. The van der Waals surface area contributed by atoms with E-state index in [-0.39, 0.29) is 17.7 Å². The largest absolute Gasteiger partial charge is 0.478 e. The van der Waals surface area contributed by atoms with Gasteiger partial charge in [-0.2, -0.15) is 0 Å². The molecule has 0 aliphatic rings. The third kappa shape index (κ3) is 7.24. The molecule has 0 saturated carbocycles. The molecule has 0 amide bonds. The van der Waals surface area contributed by atoms with Crippen LogP contribution in [0.25, 0.3) is 11.1 Å². The number of carbonyl (C=O) groups is 1. The molecule has 0 aromatic heterocycles. The zero-order valence-electron chi connectivity index (χ0n) is 21.6. The SMILES string of the molecule is Cc1c(C(=O)O)ccc(-c2ccccc2)c1C(C)OC[C@H](O)CNC(C)(C)Cc1ccc(CN)cc1. The number of nitrogens with one attached hydrogen (secondary N) is 1. The topological polar surface area (TPSA) is 105 Å². The Balaban J connectivity index is 1.64. The number of carboxylic acid groups (broad SMARTS) is 1. The lowest BCUT2D eigenvalue weighted by Crippen LogP contribution is -2.46. The zero-order chi connectivity index (χ0) is 26.3. The van der Waals surface area contributed by atoms with Gasteiger partial charge in [0.15, 0.2) is 0 Å². The maximum atomic E-state index is 11.8. The molecule has 0 bridgehead atoms. The number of benzene rings is 3. The van der Waals surface area contributed by atoms with Crippen LogP contribution in [0.4, 0.5) is 0 Å². The highest BCUT2D eigenvalue weighted by Gasteiger charge is 2.23. The molecule has 3 aromatic carbocycles. The Morgan fingerprint density at radius 1 is 1.03 bits per heavy atom. The van der Waals surface area contributed by atoms with Gasteiger partial charge in [0.25, 0.3) is 0 Å². The van der Waals surface area contributed by atoms with Gasteiger partial charge in [0.2, 0.25) is 0 Å². The Kier molecular flexibility index (Phi) is 9.40. The fraction of sp³-hybridized carbons (Fsp3) is 0.367. The van der Waals surface area contributed by atoms with Crippen LogP contribution in [0.1, 0.15) is 59.5 Å². The van der Waals surface area contributed by atoms with Gasteiger partial charge in [0, 0.05) is 18.6 Å². The number of β-amino-alcohol motifs (C(OH)–C–C–N with tert-alkyl or cyclic N) is 1. The number of ether oxygens (including phenoxy) is 1. The number of hydrogen-bond acceptors (Lipinski definition) is 5. The average Bonchev–Trinajstić information content (AvgIpc) is 2.86. The fourth-order valence-electron chi connectivity index (χ4n) is 4.51. The number of rotatable bonds is 12.